The summed E-state index contributed by atoms with van der Waals surface area (Å²) in [5, 5.41) is 11.2. The number of fused-ring (bicyclic) bond motifs is 1. The molecule has 0 radical (unpaired) electrons. The lowest BCUT2D eigenvalue weighted by molar-refractivity contribution is -0.137. The van der Waals surface area contributed by atoms with E-state index in [-0.39, 0.29) is 6.54 Å². The highest BCUT2D eigenvalue weighted by Gasteiger charge is 2.19. The van der Waals surface area contributed by atoms with E-state index >= 15 is 0 Å². The molecule has 0 saturated carbocycles. The van der Waals surface area contributed by atoms with Gasteiger partial charge in [0.25, 0.3) is 0 Å². The van der Waals surface area contributed by atoms with Crippen molar-refractivity contribution in [2.45, 2.75) is 13.8 Å². The molecule has 0 aliphatic heterocycles. The maximum atomic E-state index is 11.8. The second-order valence-corrected chi connectivity index (χ2v) is 6.79. The normalized spacial score (nSPS) is 11.6. The Hall–Kier alpha value is -2.92. The molecule has 0 atom stereocenters. The van der Waals surface area contributed by atoms with Crippen LogP contribution in [0.3, 0.4) is 0 Å². The lowest BCUT2D eigenvalue weighted by Crippen LogP contribution is -2.39. The summed E-state index contributed by atoms with van der Waals surface area (Å²) in [7, 11) is 1.76. The first-order valence-corrected chi connectivity index (χ1v) is 8.78. The van der Waals surface area contributed by atoms with Crippen LogP contribution in [0.5, 0.6) is 0 Å². The predicted octanol–water partition coefficient (Wildman–Crippen LogP) is 3.87. The number of benzene rings is 2. The van der Waals surface area contributed by atoms with Gasteiger partial charge in [0.05, 0.1) is 18.9 Å². The molecule has 0 saturated heterocycles. The number of aldehydes is 1. The van der Waals surface area contributed by atoms with Crippen LogP contribution >= 0.6 is 0 Å². The van der Waals surface area contributed by atoms with Crippen LogP contribution < -0.4 is 4.90 Å². The molecule has 0 bridgehead atoms. The van der Waals surface area contributed by atoms with Crippen molar-refractivity contribution in [2.24, 2.45) is 0 Å². The number of allylic oxidation sites excluding steroid dienone is 2. The Morgan fingerprint density at radius 2 is 1.96 bits per heavy atom. The van der Waals surface area contributed by atoms with Crippen LogP contribution in [0.25, 0.3) is 10.8 Å². The van der Waals surface area contributed by atoms with Crippen LogP contribution in [0.15, 0.2) is 54.6 Å². The molecule has 0 aromatic heterocycles. The molecule has 0 spiro atoms. The van der Waals surface area contributed by atoms with Crippen LogP contribution in [0, 0.1) is 6.92 Å². The summed E-state index contributed by atoms with van der Waals surface area (Å²) in [6.07, 6.45) is 4.50. The molecule has 0 aliphatic rings. The zero-order valence-corrected chi connectivity index (χ0v) is 16.1. The van der Waals surface area contributed by atoms with E-state index < -0.39 is 5.97 Å². The molecule has 142 valence electrons. The minimum absolute atomic E-state index is 0.0824. The number of carboxylic acids is 1. The number of aryl methyl sites for hydroxylation is 1. The maximum absolute atomic E-state index is 11.8. The summed E-state index contributed by atoms with van der Waals surface area (Å²) < 4.78 is 0. The van der Waals surface area contributed by atoms with E-state index in [0.717, 1.165) is 33.9 Å². The smallest absolute Gasteiger partial charge is 0.317 e. The summed E-state index contributed by atoms with van der Waals surface area (Å²) >= 11 is 0. The molecule has 5 nitrogen and oxygen atoms in total. The predicted molar refractivity (Wildman–Crippen MR) is 111 cm³/mol. The van der Waals surface area contributed by atoms with Gasteiger partial charge in [0.15, 0.2) is 6.29 Å². The molecular formula is C22H26N2O3. The molecule has 2 aromatic rings. The number of carbonyl (C=O) groups excluding carboxylic acids is 1. The van der Waals surface area contributed by atoms with Crippen LogP contribution in [0.1, 0.15) is 22.8 Å². The number of hydrogen-bond donors (Lipinski definition) is 1. The third kappa shape index (κ3) is 5.05. The number of anilines is 1. The molecule has 2 aromatic carbocycles. The van der Waals surface area contributed by atoms with Crippen molar-refractivity contribution < 1.29 is 14.7 Å². The first-order chi connectivity index (χ1) is 12.9. The lowest BCUT2D eigenvalue weighted by Gasteiger charge is -2.32. The van der Waals surface area contributed by atoms with E-state index in [4.69, 9.17) is 5.11 Å². The molecular weight excluding hydrogens is 340 g/mol. The second-order valence-electron chi connectivity index (χ2n) is 6.79. The molecule has 0 unspecified atom stereocenters. The number of likely N-dealkylation sites (N-methyl/N-ethyl adjacent to an activating group) is 1. The zero-order chi connectivity index (χ0) is 20.0. The van der Waals surface area contributed by atoms with Gasteiger partial charge in [0, 0.05) is 17.5 Å². The highest BCUT2D eigenvalue weighted by molar-refractivity contribution is 6.04. The SMILES string of the molecule is C=C/C=C(\C)CN(CN(C)CC(=O)O)c1c(C=O)ccc2cccc(C)c12. The quantitative estimate of drug-likeness (QED) is 0.415. The summed E-state index contributed by atoms with van der Waals surface area (Å²) in [5.41, 5.74) is 3.56. The van der Waals surface area contributed by atoms with Gasteiger partial charge in [-0.3, -0.25) is 14.5 Å². The largest absolute Gasteiger partial charge is 0.480 e. The van der Waals surface area contributed by atoms with Gasteiger partial charge in [-0.05, 0) is 37.9 Å². The highest BCUT2D eigenvalue weighted by Crippen LogP contribution is 2.33. The van der Waals surface area contributed by atoms with Crippen LogP contribution in [0.4, 0.5) is 5.69 Å². The van der Waals surface area contributed by atoms with Gasteiger partial charge in [0.2, 0.25) is 0 Å². The fourth-order valence-electron chi connectivity index (χ4n) is 3.32. The second kappa shape index (κ2) is 9.14. The van der Waals surface area contributed by atoms with Gasteiger partial charge in [-0.25, -0.2) is 0 Å². The van der Waals surface area contributed by atoms with Crippen LogP contribution in [-0.2, 0) is 4.79 Å². The minimum Gasteiger partial charge on any atom is -0.480 e. The molecule has 27 heavy (non-hydrogen) atoms. The number of carboxylic acid groups (broad SMARTS) is 1. The van der Waals surface area contributed by atoms with Crippen molar-refractivity contribution in [3.63, 3.8) is 0 Å². The van der Waals surface area contributed by atoms with Crippen molar-refractivity contribution in [2.75, 3.05) is 31.7 Å². The van der Waals surface area contributed by atoms with Gasteiger partial charge in [-0.2, -0.15) is 0 Å². The zero-order valence-electron chi connectivity index (χ0n) is 16.1. The maximum Gasteiger partial charge on any atom is 0.317 e. The van der Waals surface area contributed by atoms with E-state index in [1.54, 1.807) is 18.0 Å². The average molecular weight is 366 g/mol. The number of nitrogens with zero attached hydrogens (tertiary/aromatic N) is 2. The van der Waals surface area contributed by atoms with Gasteiger partial charge in [-0.15, -0.1) is 0 Å². The Bertz CT molecular complexity index is 887. The molecule has 1 N–H and O–H groups in total. The van der Waals surface area contributed by atoms with Gasteiger partial charge in [-0.1, -0.05) is 48.6 Å². The van der Waals surface area contributed by atoms with Gasteiger partial charge in [0.1, 0.15) is 0 Å². The summed E-state index contributed by atoms with van der Waals surface area (Å²) in [6.45, 7) is 8.61. The molecule has 0 heterocycles. The Balaban J connectivity index is 2.62. The summed E-state index contributed by atoms with van der Waals surface area (Å²) in [4.78, 5) is 26.7. The average Bonchev–Trinajstić information content (AvgIpc) is 2.60. The molecule has 0 aliphatic carbocycles. The Morgan fingerprint density at radius 3 is 2.59 bits per heavy atom. The first kappa shape index (κ1) is 20.4. The summed E-state index contributed by atoms with van der Waals surface area (Å²) in [6, 6.07) is 9.80. The Kier molecular flexibility index (Phi) is 6.91. The summed E-state index contributed by atoms with van der Waals surface area (Å²) in [5.74, 6) is -0.888. The van der Waals surface area contributed by atoms with Crippen LogP contribution in [-0.4, -0.2) is 49.1 Å². The Labute approximate surface area is 160 Å². The highest BCUT2D eigenvalue weighted by atomic mass is 16.4. The molecule has 0 amide bonds. The van der Waals surface area contributed by atoms with E-state index in [2.05, 4.69) is 11.5 Å². The Morgan fingerprint density at radius 1 is 1.22 bits per heavy atom. The van der Waals surface area contributed by atoms with Crippen molar-refractivity contribution in [3.05, 3.63) is 65.8 Å². The van der Waals surface area contributed by atoms with Gasteiger partial charge >= 0.3 is 5.97 Å². The number of hydrogen-bond acceptors (Lipinski definition) is 4. The molecule has 0 fully saturated rings. The molecule has 5 heteroatoms. The van der Waals surface area contributed by atoms with E-state index in [1.165, 1.54) is 0 Å². The third-order valence-corrected chi connectivity index (χ3v) is 4.36. The number of rotatable bonds is 9. The standard InChI is InChI=1S/C22H26N2O3/c1-5-7-16(2)12-24(15-23(4)13-20(26)27)22-19(14-25)11-10-18-9-6-8-17(3)21(18)22/h5-11,14H,1,12-13,15H2,2-4H3,(H,26,27)/b16-7+. The van der Waals surface area contributed by atoms with Gasteiger partial charge < -0.3 is 10.0 Å². The fourth-order valence-corrected chi connectivity index (χ4v) is 3.32. The number of carbonyl (C=O) groups is 2. The van der Waals surface area contributed by atoms with Crippen molar-refractivity contribution >= 4 is 28.7 Å². The van der Waals surface area contributed by atoms with E-state index in [0.29, 0.717) is 18.8 Å². The molecule has 2 rings (SSSR count). The first-order valence-electron chi connectivity index (χ1n) is 8.78. The van der Waals surface area contributed by atoms with Crippen molar-refractivity contribution in [3.8, 4) is 0 Å². The minimum atomic E-state index is -0.888. The van der Waals surface area contributed by atoms with Crippen LogP contribution in [0.2, 0.25) is 0 Å². The topological polar surface area (TPSA) is 60.9 Å². The lowest BCUT2D eigenvalue weighted by atomic mass is 9.99. The van der Waals surface area contributed by atoms with E-state index in [1.807, 2.05) is 50.3 Å². The number of aliphatic carboxylic acids is 1. The fraction of sp³-hybridized carbons (Fsp3) is 0.273. The monoisotopic (exact) mass is 366 g/mol. The third-order valence-electron chi connectivity index (χ3n) is 4.36. The van der Waals surface area contributed by atoms with Crippen molar-refractivity contribution in [1.82, 2.24) is 4.90 Å². The van der Waals surface area contributed by atoms with E-state index in [9.17, 15) is 9.59 Å². The van der Waals surface area contributed by atoms with Crippen molar-refractivity contribution in [1.29, 1.82) is 0 Å².